The van der Waals surface area contributed by atoms with E-state index in [-0.39, 0.29) is 5.91 Å². The van der Waals surface area contributed by atoms with Gasteiger partial charge in [-0.2, -0.15) is 0 Å². The first-order chi connectivity index (χ1) is 12.5. The van der Waals surface area contributed by atoms with Crippen molar-refractivity contribution in [3.8, 4) is 5.75 Å². The van der Waals surface area contributed by atoms with Gasteiger partial charge < -0.3 is 19.7 Å². The zero-order chi connectivity index (χ0) is 18.9. The summed E-state index contributed by atoms with van der Waals surface area (Å²) in [5, 5.41) is 2.93. The molecule has 26 heavy (non-hydrogen) atoms. The molecule has 0 fully saturated rings. The Labute approximate surface area is 155 Å². The van der Waals surface area contributed by atoms with Crippen molar-refractivity contribution >= 4 is 17.3 Å². The number of methoxy groups -OCH3 is 1. The van der Waals surface area contributed by atoms with Gasteiger partial charge in [-0.15, -0.1) is 0 Å². The van der Waals surface area contributed by atoms with Crippen LogP contribution in [0.3, 0.4) is 0 Å². The van der Waals surface area contributed by atoms with E-state index in [4.69, 9.17) is 9.47 Å². The maximum absolute atomic E-state index is 12.5. The number of anilines is 2. The van der Waals surface area contributed by atoms with Crippen LogP contribution >= 0.6 is 0 Å². The number of hydrogen-bond acceptors (Lipinski definition) is 4. The Bertz CT molecular complexity index is 699. The topological polar surface area (TPSA) is 50.8 Å². The van der Waals surface area contributed by atoms with Gasteiger partial charge in [0.15, 0.2) is 0 Å². The van der Waals surface area contributed by atoms with Crippen LogP contribution in [0.4, 0.5) is 11.4 Å². The van der Waals surface area contributed by atoms with E-state index in [1.807, 2.05) is 36.4 Å². The number of hydrogen-bond donors (Lipinski definition) is 1. The number of carbonyl (C=O) groups excluding carboxylic acids is 1. The molecule has 2 aromatic carbocycles. The molecule has 0 aromatic heterocycles. The largest absolute Gasteiger partial charge is 0.491 e. The Morgan fingerprint density at radius 2 is 1.85 bits per heavy atom. The molecule has 0 saturated heterocycles. The van der Waals surface area contributed by atoms with Crippen molar-refractivity contribution in [2.45, 2.75) is 26.8 Å². The monoisotopic (exact) mass is 356 g/mol. The summed E-state index contributed by atoms with van der Waals surface area (Å²) in [7, 11) is 1.62. The maximum Gasteiger partial charge on any atom is 0.255 e. The van der Waals surface area contributed by atoms with Crippen LogP contribution in [0.25, 0.3) is 0 Å². The molecule has 5 heteroatoms. The van der Waals surface area contributed by atoms with Gasteiger partial charge in [0.05, 0.1) is 6.61 Å². The summed E-state index contributed by atoms with van der Waals surface area (Å²) in [6, 6.07) is 15.5. The smallest absolute Gasteiger partial charge is 0.255 e. The number of nitrogens with zero attached hydrogens (tertiary/aromatic N) is 1. The van der Waals surface area contributed by atoms with Gasteiger partial charge in [0, 0.05) is 36.6 Å². The summed E-state index contributed by atoms with van der Waals surface area (Å²) < 4.78 is 10.5. The van der Waals surface area contributed by atoms with Crippen LogP contribution in [0.15, 0.2) is 48.5 Å². The minimum atomic E-state index is -0.161. The first kappa shape index (κ1) is 19.8. The molecule has 2 rings (SSSR count). The predicted molar refractivity (Wildman–Crippen MR) is 106 cm³/mol. The number of nitrogens with one attached hydrogen (secondary N) is 1. The third-order valence-corrected chi connectivity index (χ3v) is 4.07. The fourth-order valence-corrected chi connectivity index (χ4v) is 2.76. The number of amides is 1. The fourth-order valence-electron chi connectivity index (χ4n) is 2.76. The molecule has 0 heterocycles. The highest BCUT2D eigenvalue weighted by Crippen LogP contribution is 2.21. The molecule has 0 saturated carbocycles. The van der Waals surface area contributed by atoms with Crippen LogP contribution in [0.5, 0.6) is 5.75 Å². The molecule has 0 unspecified atom stereocenters. The van der Waals surface area contributed by atoms with Crippen LogP contribution in [-0.4, -0.2) is 38.8 Å². The Hall–Kier alpha value is -2.53. The minimum Gasteiger partial charge on any atom is -0.491 e. The SMILES string of the molecule is CCN(c1ccc(NC(=O)c2cccc(OCCOC)c2)cc1)C(C)C. The number of ether oxygens (including phenoxy) is 2. The highest BCUT2D eigenvalue weighted by Gasteiger charge is 2.10. The van der Waals surface area contributed by atoms with Crippen LogP contribution in [0, 0.1) is 0 Å². The number of benzene rings is 2. The van der Waals surface area contributed by atoms with E-state index in [9.17, 15) is 4.79 Å². The van der Waals surface area contributed by atoms with Crippen molar-refractivity contribution in [2.75, 3.05) is 37.1 Å². The van der Waals surface area contributed by atoms with Gasteiger partial charge in [-0.05, 0) is 63.2 Å². The Morgan fingerprint density at radius 1 is 1.12 bits per heavy atom. The van der Waals surface area contributed by atoms with E-state index in [0.717, 1.165) is 17.9 Å². The van der Waals surface area contributed by atoms with E-state index in [1.165, 1.54) is 0 Å². The average molecular weight is 356 g/mol. The maximum atomic E-state index is 12.5. The molecule has 0 atom stereocenters. The fraction of sp³-hybridized carbons (Fsp3) is 0.381. The molecule has 2 aromatic rings. The second kappa shape index (κ2) is 9.82. The summed E-state index contributed by atoms with van der Waals surface area (Å²) >= 11 is 0. The third kappa shape index (κ3) is 5.49. The normalized spacial score (nSPS) is 10.7. The molecule has 0 bridgehead atoms. The summed E-state index contributed by atoms with van der Waals surface area (Å²) in [6.45, 7) is 8.37. The van der Waals surface area contributed by atoms with Gasteiger partial charge in [0.2, 0.25) is 0 Å². The number of rotatable bonds is 9. The van der Waals surface area contributed by atoms with Crippen LogP contribution in [-0.2, 0) is 4.74 Å². The van der Waals surface area contributed by atoms with Gasteiger partial charge in [-0.1, -0.05) is 6.07 Å². The quantitative estimate of drug-likeness (QED) is 0.684. The molecule has 5 nitrogen and oxygen atoms in total. The molecule has 1 amide bonds. The minimum absolute atomic E-state index is 0.161. The standard InChI is InChI=1S/C21H28N2O3/c1-5-23(16(2)3)19-11-9-18(10-12-19)22-21(24)17-7-6-8-20(15-17)26-14-13-25-4/h6-12,15-16H,5,13-14H2,1-4H3,(H,22,24). The molecule has 140 valence electrons. The molecule has 0 radical (unpaired) electrons. The molecular formula is C21H28N2O3. The lowest BCUT2D eigenvalue weighted by Gasteiger charge is -2.27. The van der Waals surface area contributed by atoms with Gasteiger partial charge in [-0.25, -0.2) is 0 Å². The van der Waals surface area contributed by atoms with Crippen molar-refractivity contribution in [1.82, 2.24) is 0 Å². The molecule has 0 aliphatic carbocycles. The number of carbonyl (C=O) groups is 1. The zero-order valence-electron chi connectivity index (χ0n) is 16.0. The van der Waals surface area contributed by atoms with Crippen molar-refractivity contribution in [3.05, 3.63) is 54.1 Å². The average Bonchev–Trinajstić information content (AvgIpc) is 2.64. The van der Waals surface area contributed by atoms with Crippen LogP contribution in [0.1, 0.15) is 31.1 Å². The van der Waals surface area contributed by atoms with Crippen molar-refractivity contribution in [3.63, 3.8) is 0 Å². The van der Waals surface area contributed by atoms with Crippen molar-refractivity contribution in [2.24, 2.45) is 0 Å². The molecule has 0 aliphatic heterocycles. The lowest BCUT2D eigenvalue weighted by atomic mass is 10.2. The van der Waals surface area contributed by atoms with E-state index in [0.29, 0.717) is 30.6 Å². The molecule has 1 N–H and O–H groups in total. The van der Waals surface area contributed by atoms with Gasteiger partial charge in [0.1, 0.15) is 12.4 Å². The predicted octanol–water partition coefficient (Wildman–Crippen LogP) is 4.20. The first-order valence-electron chi connectivity index (χ1n) is 8.95. The molecular weight excluding hydrogens is 328 g/mol. The van der Waals surface area contributed by atoms with Crippen molar-refractivity contribution in [1.29, 1.82) is 0 Å². The Morgan fingerprint density at radius 3 is 2.46 bits per heavy atom. The summed E-state index contributed by atoms with van der Waals surface area (Å²) in [5.74, 6) is 0.492. The van der Waals surface area contributed by atoms with Gasteiger partial charge >= 0.3 is 0 Å². The Balaban J connectivity index is 2.02. The van der Waals surface area contributed by atoms with Gasteiger partial charge in [-0.3, -0.25) is 4.79 Å². The van der Waals surface area contributed by atoms with E-state index in [1.54, 1.807) is 19.2 Å². The molecule has 0 aliphatic rings. The van der Waals surface area contributed by atoms with Crippen LogP contribution in [0.2, 0.25) is 0 Å². The second-order valence-corrected chi connectivity index (χ2v) is 6.25. The molecule has 0 spiro atoms. The van der Waals surface area contributed by atoms with Gasteiger partial charge in [0.25, 0.3) is 5.91 Å². The summed E-state index contributed by atoms with van der Waals surface area (Å²) in [4.78, 5) is 14.8. The second-order valence-electron chi connectivity index (χ2n) is 6.25. The lowest BCUT2D eigenvalue weighted by molar-refractivity contribution is 0.102. The van der Waals surface area contributed by atoms with E-state index in [2.05, 4.69) is 31.0 Å². The summed E-state index contributed by atoms with van der Waals surface area (Å²) in [6.07, 6.45) is 0. The van der Waals surface area contributed by atoms with Crippen molar-refractivity contribution < 1.29 is 14.3 Å². The lowest BCUT2D eigenvalue weighted by Crippen LogP contribution is -2.30. The first-order valence-corrected chi connectivity index (χ1v) is 8.95. The highest BCUT2D eigenvalue weighted by atomic mass is 16.5. The van der Waals surface area contributed by atoms with E-state index < -0.39 is 0 Å². The highest BCUT2D eigenvalue weighted by molar-refractivity contribution is 6.04. The van der Waals surface area contributed by atoms with Crippen LogP contribution < -0.4 is 15.0 Å². The third-order valence-electron chi connectivity index (χ3n) is 4.07. The Kier molecular flexibility index (Phi) is 7.48. The zero-order valence-corrected chi connectivity index (χ0v) is 16.0. The summed E-state index contributed by atoms with van der Waals surface area (Å²) in [5.41, 5.74) is 2.47. The van der Waals surface area contributed by atoms with E-state index >= 15 is 0 Å².